The lowest BCUT2D eigenvalue weighted by Crippen LogP contribution is -2.05. The number of hydrogen-bond acceptors (Lipinski definition) is 2. The van der Waals surface area contributed by atoms with Crippen LogP contribution in [0.1, 0.15) is 6.92 Å². The highest BCUT2D eigenvalue weighted by molar-refractivity contribution is 5.89. The molecule has 0 fully saturated rings. The van der Waals surface area contributed by atoms with Crippen LogP contribution in [-0.4, -0.2) is 10.9 Å². The zero-order chi connectivity index (χ0) is 11.4. The average Bonchev–Trinajstić information content (AvgIpc) is 2.30. The molecule has 1 N–H and O–H groups in total. The molecule has 1 aromatic heterocycles. The molecule has 1 aromatic carbocycles. The van der Waals surface area contributed by atoms with Crippen LogP contribution in [0.5, 0.6) is 0 Å². The molecule has 2 rings (SSSR count). The molecule has 0 saturated carbocycles. The first-order valence-corrected chi connectivity index (χ1v) is 4.95. The monoisotopic (exact) mass is 211 g/mol. The molecule has 0 bridgehead atoms. The van der Waals surface area contributed by atoms with E-state index in [1.54, 1.807) is 18.5 Å². The molecule has 1 heterocycles. The Hall–Kier alpha value is -2.16. The van der Waals surface area contributed by atoms with Crippen LogP contribution in [0.15, 0.2) is 42.7 Å². The Balaban J connectivity index is 2.33. The summed E-state index contributed by atoms with van der Waals surface area (Å²) in [5.41, 5.74) is 2.81. The summed E-state index contributed by atoms with van der Waals surface area (Å²) in [7, 11) is 0. The van der Waals surface area contributed by atoms with Gasteiger partial charge in [0.25, 0.3) is 0 Å². The molecule has 0 atom stereocenters. The van der Waals surface area contributed by atoms with Gasteiger partial charge in [-0.3, -0.25) is 9.78 Å². The Kier molecular flexibility index (Phi) is 2.96. The predicted octanol–water partition coefficient (Wildman–Crippen LogP) is 2.51. The van der Waals surface area contributed by atoms with E-state index < -0.39 is 0 Å². The molecular weight excluding hydrogens is 200 g/mol. The van der Waals surface area contributed by atoms with Crippen molar-refractivity contribution in [2.24, 2.45) is 0 Å². The van der Waals surface area contributed by atoms with Crippen LogP contribution >= 0.6 is 0 Å². The smallest absolute Gasteiger partial charge is 0.221 e. The molecule has 0 aliphatic rings. The van der Waals surface area contributed by atoms with Crippen LogP contribution < -0.4 is 5.32 Å². The minimum atomic E-state index is -0.0831. The summed E-state index contributed by atoms with van der Waals surface area (Å²) in [6.45, 7) is 1.49. The van der Waals surface area contributed by atoms with Gasteiger partial charge < -0.3 is 5.32 Å². The molecule has 0 unspecified atom stereocenters. The Morgan fingerprint density at radius 1 is 1.25 bits per heavy atom. The van der Waals surface area contributed by atoms with Gasteiger partial charge in [-0.15, -0.1) is 0 Å². The van der Waals surface area contributed by atoms with Crippen LogP contribution in [-0.2, 0) is 4.79 Å². The summed E-state index contributed by atoms with van der Waals surface area (Å²) < 4.78 is 0. The lowest BCUT2D eigenvalue weighted by atomic mass is 10.1. The van der Waals surface area contributed by atoms with Gasteiger partial charge >= 0.3 is 0 Å². The third-order valence-corrected chi connectivity index (χ3v) is 2.12. The number of hydrogen-bond donors (Lipinski definition) is 1. The molecule has 0 saturated heterocycles. The SMILES string of the molecule is CC(=O)Nc1c[c]cc(-c2ccncc2)c1. The zero-order valence-electron chi connectivity index (χ0n) is 8.90. The van der Waals surface area contributed by atoms with Crippen molar-refractivity contribution in [2.75, 3.05) is 5.32 Å². The zero-order valence-corrected chi connectivity index (χ0v) is 8.90. The van der Waals surface area contributed by atoms with Gasteiger partial charge in [0.1, 0.15) is 0 Å². The lowest BCUT2D eigenvalue weighted by molar-refractivity contribution is -0.114. The van der Waals surface area contributed by atoms with E-state index in [0.29, 0.717) is 0 Å². The number of amides is 1. The van der Waals surface area contributed by atoms with Gasteiger partial charge in [-0.1, -0.05) is 0 Å². The van der Waals surface area contributed by atoms with Crippen LogP contribution in [0.2, 0.25) is 0 Å². The van der Waals surface area contributed by atoms with Crippen molar-refractivity contribution in [3.8, 4) is 11.1 Å². The number of anilines is 1. The number of rotatable bonds is 2. The second-order valence-corrected chi connectivity index (χ2v) is 3.43. The fraction of sp³-hybridized carbons (Fsp3) is 0.0769. The Morgan fingerprint density at radius 2 is 2.00 bits per heavy atom. The standard InChI is InChI=1S/C13H11N2O/c1-10(16)15-13-4-2-3-12(9-13)11-5-7-14-8-6-11/h3-9H,1H3,(H,15,16). The van der Waals surface area contributed by atoms with Gasteiger partial charge in [-0.05, 0) is 47.5 Å². The molecule has 3 nitrogen and oxygen atoms in total. The van der Waals surface area contributed by atoms with Gasteiger partial charge in [0, 0.05) is 25.0 Å². The highest BCUT2D eigenvalue weighted by Gasteiger charge is 1.99. The maximum absolute atomic E-state index is 10.9. The van der Waals surface area contributed by atoms with E-state index in [4.69, 9.17) is 0 Å². The number of nitrogens with zero attached hydrogens (tertiary/aromatic N) is 1. The van der Waals surface area contributed by atoms with E-state index >= 15 is 0 Å². The first kappa shape index (κ1) is 10.4. The fourth-order valence-electron chi connectivity index (χ4n) is 1.46. The van der Waals surface area contributed by atoms with Crippen molar-refractivity contribution in [1.29, 1.82) is 0 Å². The molecule has 1 radical (unpaired) electrons. The van der Waals surface area contributed by atoms with Crippen LogP contribution in [0.4, 0.5) is 5.69 Å². The van der Waals surface area contributed by atoms with E-state index in [9.17, 15) is 4.79 Å². The quantitative estimate of drug-likeness (QED) is 0.829. The third-order valence-electron chi connectivity index (χ3n) is 2.12. The summed E-state index contributed by atoms with van der Waals surface area (Å²) >= 11 is 0. The van der Waals surface area contributed by atoms with Crippen molar-refractivity contribution >= 4 is 11.6 Å². The molecule has 0 aliphatic carbocycles. The first-order chi connectivity index (χ1) is 7.75. The topological polar surface area (TPSA) is 42.0 Å². The molecule has 1 amide bonds. The molecule has 3 heteroatoms. The molecular formula is C13H11N2O. The van der Waals surface area contributed by atoms with Crippen molar-refractivity contribution in [3.05, 3.63) is 48.8 Å². The number of carbonyl (C=O) groups excluding carboxylic acids is 1. The molecule has 0 spiro atoms. The number of benzene rings is 1. The number of nitrogens with one attached hydrogen (secondary N) is 1. The third kappa shape index (κ3) is 2.45. The maximum Gasteiger partial charge on any atom is 0.221 e. The van der Waals surface area contributed by atoms with Gasteiger partial charge in [-0.25, -0.2) is 0 Å². The summed E-state index contributed by atoms with van der Waals surface area (Å²) in [6, 6.07) is 12.4. The summed E-state index contributed by atoms with van der Waals surface area (Å²) in [4.78, 5) is 14.9. The summed E-state index contributed by atoms with van der Waals surface area (Å²) in [6.07, 6.45) is 3.47. The van der Waals surface area contributed by atoms with Gasteiger partial charge in [0.05, 0.1) is 0 Å². The second-order valence-electron chi connectivity index (χ2n) is 3.43. The fourth-order valence-corrected chi connectivity index (χ4v) is 1.46. The highest BCUT2D eigenvalue weighted by atomic mass is 16.1. The van der Waals surface area contributed by atoms with Crippen molar-refractivity contribution in [1.82, 2.24) is 4.98 Å². The number of aromatic nitrogens is 1. The molecule has 0 aliphatic heterocycles. The van der Waals surface area contributed by atoms with Crippen molar-refractivity contribution < 1.29 is 4.79 Å². The van der Waals surface area contributed by atoms with E-state index in [1.807, 2.05) is 24.3 Å². The molecule has 79 valence electrons. The average molecular weight is 211 g/mol. The van der Waals surface area contributed by atoms with E-state index in [2.05, 4.69) is 16.4 Å². The number of pyridine rings is 1. The summed E-state index contributed by atoms with van der Waals surface area (Å²) in [5.74, 6) is -0.0831. The highest BCUT2D eigenvalue weighted by Crippen LogP contribution is 2.21. The summed E-state index contributed by atoms with van der Waals surface area (Å²) in [5, 5.41) is 2.73. The van der Waals surface area contributed by atoms with Gasteiger partial charge in [-0.2, -0.15) is 0 Å². The van der Waals surface area contributed by atoms with Crippen molar-refractivity contribution in [3.63, 3.8) is 0 Å². The minimum absolute atomic E-state index is 0.0831. The van der Waals surface area contributed by atoms with Crippen LogP contribution in [0, 0.1) is 6.07 Å². The Labute approximate surface area is 94.1 Å². The largest absolute Gasteiger partial charge is 0.326 e. The van der Waals surface area contributed by atoms with E-state index in [0.717, 1.165) is 16.8 Å². The molecule has 2 aromatic rings. The van der Waals surface area contributed by atoms with Crippen LogP contribution in [0.3, 0.4) is 0 Å². The second kappa shape index (κ2) is 4.57. The van der Waals surface area contributed by atoms with E-state index in [1.165, 1.54) is 6.92 Å². The van der Waals surface area contributed by atoms with E-state index in [-0.39, 0.29) is 5.91 Å². The Bertz CT molecular complexity index is 494. The normalized spacial score (nSPS) is 9.81. The Morgan fingerprint density at radius 3 is 2.69 bits per heavy atom. The first-order valence-electron chi connectivity index (χ1n) is 4.95. The van der Waals surface area contributed by atoms with Gasteiger partial charge in [0.2, 0.25) is 5.91 Å². The minimum Gasteiger partial charge on any atom is -0.326 e. The van der Waals surface area contributed by atoms with Crippen LogP contribution in [0.25, 0.3) is 11.1 Å². The van der Waals surface area contributed by atoms with Gasteiger partial charge in [0.15, 0.2) is 0 Å². The predicted molar refractivity (Wildman–Crippen MR) is 62.8 cm³/mol. The van der Waals surface area contributed by atoms with Crippen molar-refractivity contribution in [2.45, 2.75) is 6.92 Å². The maximum atomic E-state index is 10.9. The molecule has 16 heavy (non-hydrogen) atoms. The number of carbonyl (C=O) groups is 1. The lowest BCUT2D eigenvalue weighted by Gasteiger charge is -2.05.